The Hall–Kier alpha value is -3.54. The zero-order valence-corrected chi connectivity index (χ0v) is 14.8. The zero-order valence-electron chi connectivity index (χ0n) is 14.8. The highest BCUT2D eigenvalue weighted by Crippen LogP contribution is 2.19. The third kappa shape index (κ3) is 4.55. The smallest absolute Gasteiger partial charge is 0.326 e. The van der Waals surface area contributed by atoms with Gasteiger partial charge in [-0.15, -0.1) is 0 Å². The number of amides is 1. The number of rotatable bonds is 7. The fraction of sp³-hybridized carbons (Fsp3) is 0.143. The molecule has 1 aromatic heterocycles. The normalized spacial score (nSPS) is 12.2. The van der Waals surface area contributed by atoms with Crippen molar-refractivity contribution in [2.24, 2.45) is 0 Å². The number of aromatic nitrogens is 1. The molecule has 0 spiro atoms. The summed E-state index contributed by atoms with van der Waals surface area (Å²) in [4.78, 5) is 26.8. The summed E-state index contributed by atoms with van der Waals surface area (Å²) in [5, 5.41) is 13.0. The summed E-state index contributed by atoms with van der Waals surface area (Å²) in [6, 6.07) is 13.8. The van der Waals surface area contributed by atoms with Crippen LogP contribution in [0.4, 0.5) is 0 Å². The molecule has 6 nitrogen and oxygen atoms in total. The van der Waals surface area contributed by atoms with E-state index in [1.165, 1.54) is 6.08 Å². The number of carboxylic acid groups (broad SMARTS) is 1. The van der Waals surface area contributed by atoms with Crippen molar-refractivity contribution in [2.75, 3.05) is 7.11 Å². The van der Waals surface area contributed by atoms with E-state index in [1.54, 1.807) is 31.5 Å². The quantitative estimate of drug-likeness (QED) is 0.562. The van der Waals surface area contributed by atoms with Gasteiger partial charge in [-0.3, -0.25) is 4.79 Å². The van der Waals surface area contributed by atoms with E-state index in [-0.39, 0.29) is 6.42 Å². The van der Waals surface area contributed by atoms with Gasteiger partial charge in [0.25, 0.3) is 0 Å². The van der Waals surface area contributed by atoms with E-state index in [9.17, 15) is 14.7 Å². The molecular weight excluding hydrogens is 344 g/mol. The molecule has 3 rings (SSSR count). The molecule has 0 saturated carbocycles. The second-order valence-corrected chi connectivity index (χ2v) is 6.07. The standard InChI is InChI=1S/C21H20N2O4/c1-27-16-9-6-14(7-10-16)8-11-20(24)23-19(21(25)26)12-15-13-22-18-5-3-2-4-17(15)18/h2-11,13,19,22H,12H2,1H3,(H,23,24)(H,25,26)/b11-8+/t19-/m0/s1. The minimum absolute atomic E-state index is 0.196. The molecule has 0 bridgehead atoms. The maximum absolute atomic E-state index is 12.2. The largest absolute Gasteiger partial charge is 0.497 e. The Labute approximate surface area is 156 Å². The second-order valence-electron chi connectivity index (χ2n) is 6.07. The summed E-state index contributed by atoms with van der Waals surface area (Å²) in [6.45, 7) is 0. The van der Waals surface area contributed by atoms with Crippen LogP contribution in [-0.4, -0.2) is 35.1 Å². The summed E-state index contributed by atoms with van der Waals surface area (Å²) in [5.74, 6) is -0.814. The number of para-hydroxylation sites is 1. The van der Waals surface area contributed by atoms with Gasteiger partial charge in [0.1, 0.15) is 11.8 Å². The van der Waals surface area contributed by atoms with Gasteiger partial charge in [0.15, 0.2) is 0 Å². The Morgan fingerprint density at radius 1 is 1.19 bits per heavy atom. The lowest BCUT2D eigenvalue weighted by molar-refractivity contribution is -0.141. The third-order valence-electron chi connectivity index (χ3n) is 4.26. The number of hydrogen-bond donors (Lipinski definition) is 3. The third-order valence-corrected chi connectivity index (χ3v) is 4.26. The molecule has 1 amide bonds. The molecule has 1 atom stereocenters. The van der Waals surface area contributed by atoms with Gasteiger partial charge in [0.05, 0.1) is 7.11 Å². The van der Waals surface area contributed by atoms with Gasteiger partial charge in [-0.1, -0.05) is 30.3 Å². The molecule has 3 N–H and O–H groups in total. The zero-order chi connectivity index (χ0) is 19.2. The molecule has 138 valence electrons. The maximum atomic E-state index is 12.2. The predicted octanol–water partition coefficient (Wildman–Crippen LogP) is 3.00. The summed E-state index contributed by atoms with van der Waals surface area (Å²) < 4.78 is 5.08. The van der Waals surface area contributed by atoms with Crippen molar-refractivity contribution in [3.63, 3.8) is 0 Å². The number of fused-ring (bicyclic) bond motifs is 1. The Kier molecular flexibility index (Phi) is 5.56. The van der Waals surface area contributed by atoms with Crippen LogP contribution in [0.3, 0.4) is 0 Å². The molecule has 0 radical (unpaired) electrons. The number of ether oxygens (including phenoxy) is 1. The van der Waals surface area contributed by atoms with Gasteiger partial charge in [0, 0.05) is 29.6 Å². The highest BCUT2D eigenvalue weighted by molar-refractivity contribution is 5.94. The van der Waals surface area contributed by atoms with Crippen molar-refractivity contribution in [3.8, 4) is 5.75 Å². The molecule has 0 unspecified atom stereocenters. The fourth-order valence-corrected chi connectivity index (χ4v) is 2.83. The minimum atomic E-state index is -1.08. The van der Waals surface area contributed by atoms with Crippen LogP contribution in [-0.2, 0) is 16.0 Å². The lowest BCUT2D eigenvalue weighted by atomic mass is 10.0. The summed E-state index contributed by atoms with van der Waals surface area (Å²) >= 11 is 0. The van der Waals surface area contributed by atoms with Crippen molar-refractivity contribution in [2.45, 2.75) is 12.5 Å². The van der Waals surface area contributed by atoms with Crippen LogP contribution in [0.5, 0.6) is 5.75 Å². The molecule has 3 aromatic rings. The van der Waals surface area contributed by atoms with Gasteiger partial charge >= 0.3 is 5.97 Å². The second kappa shape index (κ2) is 8.23. The molecule has 6 heteroatoms. The number of benzene rings is 2. The van der Waals surface area contributed by atoms with E-state index in [1.807, 2.05) is 36.4 Å². The SMILES string of the molecule is COc1ccc(/C=C/C(=O)N[C@@H](Cc2c[nH]c3ccccc23)C(=O)O)cc1. The molecule has 0 fully saturated rings. The first-order valence-corrected chi connectivity index (χ1v) is 8.47. The number of carboxylic acids is 1. The van der Waals surface area contributed by atoms with Crippen molar-refractivity contribution in [1.29, 1.82) is 0 Å². The first-order chi connectivity index (χ1) is 13.1. The molecule has 2 aromatic carbocycles. The van der Waals surface area contributed by atoms with Gasteiger partial charge in [0.2, 0.25) is 5.91 Å². The predicted molar refractivity (Wildman–Crippen MR) is 104 cm³/mol. The summed E-state index contributed by atoms with van der Waals surface area (Å²) in [6.07, 6.45) is 4.92. The maximum Gasteiger partial charge on any atom is 0.326 e. The van der Waals surface area contributed by atoms with Crippen LogP contribution < -0.4 is 10.1 Å². The fourth-order valence-electron chi connectivity index (χ4n) is 2.83. The van der Waals surface area contributed by atoms with Gasteiger partial charge in [-0.25, -0.2) is 4.79 Å². The monoisotopic (exact) mass is 364 g/mol. The molecule has 27 heavy (non-hydrogen) atoms. The molecule has 1 heterocycles. The van der Waals surface area contributed by atoms with E-state index in [4.69, 9.17) is 4.74 Å². The van der Waals surface area contributed by atoms with Crippen molar-refractivity contribution >= 4 is 28.9 Å². The number of H-pyrrole nitrogens is 1. The molecule has 0 aliphatic heterocycles. The van der Waals surface area contributed by atoms with Crippen LogP contribution >= 0.6 is 0 Å². The van der Waals surface area contributed by atoms with Crippen LogP contribution in [0, 0.1) is 0 Å². The highest BCUT2D eigenvalue weighted by Gasteiger charge is 2.21. The molecule has 0 aliphatic carbocycles. The first-order valence-electron chi connectivity index (χ1n) is 8.47. The van der Waals surface area contributed by atoms with E-state index in [0.29, 0.717) is 0 Å². The first kappa shape index (κ1) is 18.3. The lowest BCUT2D eigenvalue weighted by Crippen LogP contribution is -2.41. The number of hydrogen-bond acceptors (Lipinski definition) is 3. The number of nitrogens with one attached hydrogen (secondary N) is 2. The Morgan fingerprint density at radius 2 is 1.93 bits per heavy atom. The van der Waals surface area contributed by atoms with Crippen LogP contribution in [0.25, 0.3) is 17.0 Å². The van der Waals surface area contributed by atoms with E-state index >= 15 is 0 Å². The molecule has 0 aliphatic rings. The molecular formula is C21H20N2O4. The van der Waals surface area contributed by atoms with Crippen molar-refractivity contribution in [1.82, 2.24) is 10.3 Å². The van der Waals surface area contributed by atoms with Crippen molar-refractivity contribution < 1.29 is 19.4 Å². The van der Waals surface area contributed by atoms with Crippen molar-refractivity contribution in [3.05, 3.63) is 71.9 Å². The van der Waals surface area contributed by atoms with E-state index < -0.39 is 17.9 Å². The Bertz CT molecular complexity index is 973. The summed E-state index contributed by atoms with van der Waals surface area (Å²) in [5.41, 5.74) is 2.59. The minimum Gasteiger partial charge on any atom is -0.497 e. The summed E-state index contributed by atoms with van der Waals surface area (Å²) in [7, 11) is 1.58. The Morgan fingerprint density at radius 3 is 2.63 bits per heavy atom. The van der Waals surface area contributed by atoms with Gasteiger partial charge in [-0.05, 0) is 35.4 Å². The Balaban J connectivity index is 1.67. The number of aromatic amines is 1. The number of carbonyl (C=O) groups excluding carboxylic acids is 1. The van der Waals surface area contributed by atoms with E-state index in [2.05, 4.69) is 10.3 Å². The topological polar surface area (TPSA) is 91.4 Å². The number of carbonyl (C=O) groups is 2. The van der Waals surface area contributed by atoms with Crippen LogP contribution in [0.2, 0.25) is 0 Å². The molecule has 0 saturated heterocycles. The average Bonchev–Trinajstić information content (AvgIpc) is 3.09. The highest BCUT2D eigenvalue weighted by atomic mass is 16.5. The average molecular weight is 364 g/mol. The van der Waals surface area contributed by atoms with Crippen LogP contribution in [0.1, 0.15) is 11.1 Å². The van der Waals surface area contributed by atoms with Crippen LogP contribution in [0.15, 0.2) is 60.8 Å². The number of methoxy groups -OCH3 is 1. The lowest BCUT2D eigenvalue weighted by Gasteiger charge is -2.12. The number of aliphatic carboxylic acids is 1. The van der Waals surface area contributed by atoms with Gasteiger partial charge in [-0.2, -0.15) is 0 Å². The van der Waals surface area contributed by atoms with Gasteiger partial charge < -0.3 is 20.1 Å². The van der Waals surface area contributed by atoms with E-state index in [0.717, 1.165) is 27.8 Å².